The van der Waals surface area contributed by atoms with Gasteiger partial charge in [0.15, 0.2) is 0 Å². The van der Waals surface area contributed by atoms with Gasteiger partial charge in [-0.2, -0.15) is 0 Å². The van der Waals surface area contributed by atoms with Crippen molar-refractivity contribution in [1.82, 2.24) is 0 Å². The first-order valence-electron chi connectivity index (χ1n) is 8.25. The molecule has 0 amide bonds. The molecule has 0 radical (unpaired) electrons. The van der Waals surface area contributed by atoms with Gasteiger partial charge >= 0.3 is 0 Å². The van der Waals surface area contributed by atoms with Gasteiger partial charge in [0.25, 0.3) is 0 Å². The fraction of sp³-hybridized carbons (Fsp3) is 0.889. The fourth-order valence-corrected chi connectivity index (χ4v) is 3.43. The average Bonchev–Trinajstić information content (AvgIpc) is 3.07. The van der Waals surface area contributed by atoms with Gasteiger partial charge in [0.05, 0.1) is 0 Å². The third-order valence-corrected chi connectivity index (χ3v) is 4.60. The Morgan fingerprint density at radius 2 is 1.94 bits per heavy atom. The molecule has 0 aliphatic heterocycles. The van der Waals surface area contributed by atoms with Crippen molar-refractivity contribution in [3.63, 3.8) is 0 Å². The van der Waals surface area contributed by atoms with Crippen LogP contribution in [0, 0.1) is 23.7 Å². The van der Waals surface area contributed by atoms with Gasteiger partial charge in [-0.05, 0) is 49.4 Å². The van der Waals surface area contributed by atoms with E-state index in [1.165, 1.54) is 56.9 Å². The van der Waals surface area contributed by atoms with E-state index in [1.807, 2.05) is 0 Å². The smallest absolute Gasteiger partial charge is 0.0300 e. The van der Waals surface area contributed by atoms with Crippen molar-refractivity contribution in [2.45, 2.75) is 79.1 Å². The van der Waals surface area contributed by atoms with E-state index in [9.17, 15) is 0 Å². The van der Waals surface area contributed by atoms with Crippen molar-refractivity contribution < 1.29 is 0 Å². The van der Waals surface area contributed by atoms with Gasteiger partial charge in [-0.3, -0.25) is 0 Å². The Bertz CT molecular complexity index is 238. The van der Waals surface area contributed by atoms with Crippen LogP contribution in [0.3, 0.4) is 0 Å². The fourth-order valence-electron chi connectivity index (χ4n) is 3.43. The zero-order valence-corrected chi connectivity index (χ0v) is 13.2. The van der Waals surface area contributed by atoms with E-state index in [0.717, 1.165) is 23.7 Å². The molecule has 1 aliphatic carbocycles. The summed E-state index contributed by atoms with van der Waals surface area (Å²) >= 11 is 0. The lowest BCUT2D eigenvalue weighted by Gasteiger charge is -2.18. The third-order valence-electron chi connectivity index (χ3n) is 4.60. The van der Waals surface area contributed by atoms with Crippen molar-refractivity contribution in [1.29, 1.82) is 0 Å². The van der Waals surface area contributed by atoms with Gasteiger partial charge in [0.1, 0.15) is 0 Å². The molecule has 3 atom stereocenters. The number of hydrogen-bond donors (Lipinski definition) is 0. The molecule has 0 heterocycles. The Kier molecular flexibility index (Phi) is 7.04. The Labute approximate surface area is 115 Å². The molecule has 3 unspecified atom stereocenters. The quantitative estimate of drug-likeness (QED) is 0.404. The summed E-state index contributed by atoms with van der Waals surface area (Å²) in [7, 11) is 0. The SMILES string of the molecule is C=C(CCC(CCCC)C1CC1CC)CC(C)C. The van der Waals surface area contributed by atoms with Crippen molar-refractivity contribution in [3.8, 4) is 0 Å². The second-order valence-corrected chi connectivity index (χ2v) is 6.86. The summed E-state index contributed by atoms with van der Waals surface area (Å²) in [4.78, 5) is 0. The molecule has 0 heteroatoms. The molecule has 0 spiro atoms. The lowest BCUT2D eigenvalue weighted by Crippen LogP contribution is -2.06. The minimum Gasteiger partial charge on any atom is -0.0999 e. The molecule has 1 rings (SSSR count). The molecule has 0 aromatic heterocycles. The van der Waals surface area contributed by atoms with Gasteiger partial charge in [-0.25, -0.2) is 0 Å². The minimum atomic E-state index is 0.774. The normalized spacial score (nSPS) is 24.3. The largest absolute Gasteiger partial charge is 0.0999 e. The topological polar surface area (TPSA) is 0 Å². The van der Waals surface area contributed by atoms with Gasteiger partial charge in [0.2, 0.25) is 0 Å². The first kappa shape index (κ1) is 15.8. The molecule has 0 nitrogen and oxygen atoms in total. The van der Waals surface area contributed by atoms with E-state index in [2.05, 4.69) is 34.3 Å². The van der Waals surface area contributed by atoms with E-state index in [4.69, 9.17) is 0 Å². The summed E-state index contributed by atoms with van der Waals surface area (Å²) in [5.41, 5.74) is 1.49. The molecular formula is C18H34. The van der Waals surface area contributed by atoms with E-state index in [0.29, 0.717) is 0 Å². The van der Waals surface area contributed by atoms with Crippen LogP contribution in [0.1, 0.15) is 79.1 Å². The predicted octanol–water partition coefficient (Wildman–Crippen LogP) is 6.22. The molecule has 0 saturated heterocycles. The Morgan fingerprint density at radius 3 is 2.44 bits per heavy atom. The lowest BCUT2D eigenvalue weighted by molar-refractivity contribution is 0.363. The van der Waals surface area contributed by atoms with Crippen LogP contribution in [0.5, 0.6) is 0 Å². The highest BCUT2D eigenvalue weighted by Gasteiger charge is 2.40. The average molecular weight is 250 g/mol. The first-order valence-corrected chi connectivity index (χ1v) is 8.25. The minimum absolute atomic E-state index is 0.774. The van der Waals surface area contributed by atoms with Crippen LogP contribution in [0.15, 0.2) is 12.2 Å². The Balaban J connectivity index is 2.30. The van der Waals surface area contributed by atoms with Crippen molar-refractivity contribution in [3.05, 3.63) is 12.2 Å². The van der Waals surface area contributed by atoms with Crippen LogP contribution in [-0.2, 0) is 0 Å². The van der Waals surface area contributed by atoms with E-state index >= 15 is 0 Å². The third kappa shape index (κ3) is 5.59. The highest BCUT2D eigenvalue weighted by Crippen LogP contribution is 2.49. The van der Waals surface area contributed by atoms with Crippen molar-refractivity contribution >= 4 is 0 Å². The van der Waals surface area contributed by atoms with E-state index in [-0.39, 0.29) is 0 Å². The van der Waals surface area contributed by atoms with E-state index in [1.54, 1.807) is 0 Å². The van der Waals surface area contributed by atoms with Crippen molar-refractivity contribution in [2.24, 2.45) is 23.7 Å². The molecule has 1 fully saturated rings. The summed E-state index contributed by atoms with van der Waals surface area (Å²) in [6, 6.07) is 0. The molecule has 18 heavy (non-hydrogen) atoms. The van der Waals surface area contributed by atoms with Crippen LogP contribution in [0.2, 0.25) is 0 Å². The van der Waals surface area contributed by atoms with Crippen LogP contribution in [-0.4, -0.2) is 0 Å². The van der Waals surface area contributed by atoms with Crippen LogP contribution >= 0.6 is 0 Å². The van der Waals surface area contributed by atoms with Gasteiger partial charge in [-0.1, -0.05) is 65.5 Å². The molecule has 0 bridgehead atoms. The maximum absolute atomic E-state index is 4.27. The predicted molar refractivity (Wildman–Crippen MR) is 82.7 cm³/mol. The summed E-state index contributed by atoms with van der Waals surface area (Å²) < 4.78 is 0. The van der Waals surface area contributed by atoms with Gasteiger partial charge < -0.3 is 0 Å². The standard InChI is InChI=1S/C18H34/c1-6-8-9-17(18-13-16(18)7-2)11-10-15(5)12-14(3)4/h14,16-18H,5-13H2,1-4H3. The number of hydrogen-bond acceptors (Lipinski definition) is 0. The number of allylic oxidation sites excluding steroid dienone is 1. The van der Waals surface area contributed by atoms with Crippen molar-refractivity contribution in [2.75, 3.05) is 0 Å². The molecule has 1 saturated carbocycles. The highest BCUT2D eigenvalue weighted by atomic mass is 14.5. The summed E-state index contributed by atoms with van der Waals surface area (Å²) in [6.45, 7) is 13.5. The Morgan fingerprint density at radius 1 is 1.22 bits per heavy atom. The molecule has 106 valence electrons. The second kappa shape index (κ2) is 8.02. The van der Waals surface area contributed by atoms with E-state index < -0.39 is 0 Å². The number of unbranched alkanes of at least 4 members (excludes halogenated alkanes) is 1. The maximum atomic E-state index is 4.27. The molecule has 0 N–H and O–H groups in total. The van der Waals surface area contributed by atoms with Crippen LogP contribution in [0.25, 0.3) is 0 Å². The highest BCUT2D eigenvalue weighted by molar-refractivity contribution is 4.97. The molecular weight excluding hydrogens is 216 g/mol. The second-order valence-electron chi connectivity index (χ2n) is 6.86. The first-order chi connectivity index (χ1) is 8.58. The summed E-state index contributed by atoms with van der Waals surface area (Å²) in [5, 5.41) is 0. The zero-order chi connectivity index (χ0) is 13.5. The molecule has 1 aliphatic rings. The Hall–Kier alpha value is -0.260. The van der Waals surface area contributed by atoms with Gasteiger partial charge in [0, 0.05) is 0 Å². The summed E-state index contributed by atoms with van der Waals surface area (Å²) in [6.07, 6.45) is 11.1. The van der Waals surface area contributed by atoms with Crippen LogP contribution < -0.4 is 0 Å². The molecule has 0 aromatic rings. The van der Waals surface area contributed by atoms with Crippen LogP contribution in [0.4, 0.5) is 0 Å². The summed E-state index contributed by atoms with van der Waals surface area (Å²) in [5.74, 6) is 3.90. The zero-order valence-electron chi connectivity index (χ0n) is 13.2. The maximum Gasteiger partial charge on any atom is -0.0300 e. The monoisotopic (exact) mass is 250 g/mol. The number of rotatable bonds is 10. The van der Waals surface area contributed by atoms with Gasteiger partial charge in [-0.15, -0.1) is 0 Å². The lowest BCUT2D eigenvalue weighted by atomic mass is 9.88. The molecule has 0 aromatic carbocycles.